The monoisotopic (exact) mass is 371 g/mol. The number of hydrogen-bond donors (Lipinski definition) is 1. The number of amides is 1. The van der Waals surface area contributed by atoms with Crippen molar-refractivity contribution in [3.8, 4) is 5.75 Å². The molecule has 0 heterocycles. The van der Waals surface area contributed by atoms with E-state index >= 15 is 0 Å². The highest BCUT2D eigenvalue weighted by Crippen LogP contribution is 2.29. The zero-order chi connectivity index (χ0) is 18.8. The number of nitrogens with one attached hydrogen (secondary N) is 1. The molecule has 0 fully saturated rings. The summed E-state index contributed by atoms with van der Waals surface area (Å²) in [6, 6.07) is 14.2. The molecule has 1 N–H and O–H groups in total. The highest BCUT2D eigenvalue weighted by Gasteiger charge is 2.11. The summed E-state index contributed by atoms with van der Waals surface area (Å²) >= 11 is 1.76. The topological polar surface area (TPSA) is 38.3 Å². The van der Waals surface area contributed by atoms with Crippen molar-refractivity contribution >= 4 is 17.7 Å². The van der Waals surface area contributed by atoms with E-state index in [2.05, 4.69) is 43.4 Å². The molecular weight excluding hydrogens is 342 g/mol. The summed E-state index contributed by atoms with van der Waals surface area (Å²) in [5.41, 5.74) is 3.01. The lowest BCUT2D eigenvalue weighted by Crippen LogP contribution is -2.24. The maximum atomic E-state index is 12.4. The van der Waals surface area contributed by atoms with Crippen LogP contribution in [-0.2, 0) is 5.75 Å². The maximum Gasteiger partial charge on any atom is 0.251 e. The summed E-state index contributed by atoms with van der Waals surface area (Å²) in [5, 5.41) is 3.01. The number of carbonyl (C=O) groups is 1. The Balaban J connectivity index is 2.06. The summed E-state index contributed by atoms with van der Waals surface area (Å²) in [5.74, 6) is 1.62. The zero-order valence-electron chi connectivity index (χ0n) is 16.0. The number of aryl methyl sites for hydroxylation is 1. The van der Waals surface area contributed by atoms with Gasteiger partial charge in [0.1, 0.15) is 5.75 Å². The molecule has 0 aromatic heterocycles. The van der Waals surface area contributed by atoms with Gasteiger partial charge in [-0.2, -0.15) is 0 Å². The molecule has 4 heteroatoms. The molecule has 0 aliphatic carbocycles. The number of unbranched alkanes of at least 4 members (excludes halogenated alkanes) is 2. The molecule has 0 aliphatic rings. The van der Waals surface area contributed by atoms with Crippen molar-refractivity contribution in [1.29, 1.82) is 0 Å². The molecule has 0 radical (unpaired) electrons. The van der Waals surface area contributed by atoms with Gasteiger partial charge in [0.15, 0.2) is 0 Å². The lowest BCUT2D eigenvalue weighted by Gasteiger charge is -2.12. The Labute approximate surface area is 161 Å². The van der Waals surface area contributed by atoms with Gasteiger partial charge in [-0.05, 0) is 50.6 Å². The van der Waals surface area contributed by atoms with E-state index in [1.54, 1.807) is 11.8 Å². The van der Waals surface area contributed by atoms with E-state index in [0.717, 1.165) is 42.9 Å². The van der Waals surface area contributed by atoms with E-state index in [9.17, 15) is 4.79 Å². The Bertz CT molecular complexity index is 698. The van der Waals surface area contributed by atoms with Crippen molar-refractivity contribution in [2.45, 2.75) is 50.7 Å². The summed E-state index contributed by atoms with van der Waals surface area (Å²) in [4.78, 5) is 13.6. The third kappa shape index (κ3) is 6.41. The van der Waals surface area contributed by atoms with E-state index in [4.69, 9.17) is 4.74 Å². The summed E-state index contributed by atoms with van der Waals surface area (Å²) in [6.07, 6.45) is 3.32. The lowest BCUT2D eigenvalue weighted by molar-refractivity contribution is 0.0953. The largest absolute Gasteiger partial charge is 0.494 e. The molecule has 2 rings (SSSR count). The zero-order valence-corrected chi connectivity index (χ0v) is 16.8. The first-order chi connectivity index (χ1) is 12.6. The number of thioether (sulfide) groups is 1. The quantitative estimate of drug-likeness (QED) is 0.436. The number of rotatable bonds is 10. The van der Waals surface area contributed by atoms with Crippen LogP contribution in [0.4, 0.5) is 0 Å². The minimum absolute atomic E-state index is 0.00858. The van der Waals surface area contributed by atoms with Crippen LogP contribution in [-0.4, -0.2) is 19.1 Å². The molecule has 140 valence electrons. The molecule has 0 atom stereocenters. The summed E-state index contributed by atoms with van der Waals surface area (Å²) < 4.78 is 5.75. The number of carbonyl (C=O) groups excluding carboxylic acids is 1. The van der Waals surface area contributed by atoms with Gasteiger partial charge in [-0.1, -0.05) is 37.5 Å². The molecule has 0 spiro atoms. The van der Waals surface area contributed by atoms with Gasteiger partial charge < -0.3 is 10.1 Å². The van der Waals surface area contributed by atoms with Crippen LogP contribution in [0.1, 0.15) is 54.6 Å². The second kappa shape index (κ2) is 10.9. The van der Waals surface area contributed by atoms with Crippen LogP contribution in [0.15, 0.2) is 47.4 Å². The molecule has 0 saturated heterocycles. The standard InChI is InChI=1S/C22H29NO2S/c1-4-6-7-14-23-22(24)18-10-13-21(25-5-2)19(15-18)16-26-20-11-8-17(3)9-12-20/h8-13,15H,4-7,14,16H2,1-3H3,(H,23,24). The first kappa shape index (κ1) is 20.4. The van der Waals surface area contributed by atoms with Crippen LogP contribution in [0.5, 0.6) is 5.75 Å². The van der Waals surface area contributed by atoms with Gasteiger partial charge >= 0.3 is 0 Å². The summed E-state index contributed by atoms with van der Waals surface area (Å²) in [6.45, 7) is 7.57. The van der Waals surface area contributed by atoms with Crippen LogP contribution in [0.3, 0.4) is 0 Å². The molecule has 0 unspecified atom stereocenters. The molecule has 3 nitrogen and oxygen atoms in total. The Hall–Kier alpha value is -1.94. The third-order valence-electron chi connectivity index (χ3n) is 4.10. The Morgan fingerprint density at radius 1 is 1.08 bits per heavy atom. The van der Waals surface area contributed by atoms with Gasteiger partial charge in [0.25, 0.3) is 5.91 Å². The van der Waals surface area contributed by atoms with Crippen molar-refractivity contribution in [2.24, 2.45) is 0 Å². The fraction of sp³-hybridized carbons (Fsp3) is 0.409. The Morgan fingerprint density at radius 2 is 1.85 bits per heavy atom. The molecule has 0 aliphatic heterocycles. The van der Waals surface area contributed by atoms with Crippen molar-refractivity contribution in [3.05, 3.63) is 59.2 Å². The SMILES string of the molecule is CCCCCNC(=O)c1ccc(OCC)c(CSc2ccc(C)cc2)c1. The number of benzene rings is 2. The van der Waals surface area contributed by atoms with Crippen molar-refractivity contribution < 1.29 is 9.53 Å². The van der Waals surface area contributed by atoms with Gasteiger partial charge in [0.2, 0.25) is 0 Å². The summed E-state index contributed by atoms with van der Waals surface area (Å²) in [7, 11) is 0. The van der Waals surface area contributed by atoms with Crippen LogP contribution in [0, 0.1) is 6.92 Å². The maximum absolute atomic E-state index is 12.4. The van der Waals surface area contributed by atoms with Gasteiger partial charge in [0.05, 0.1) is 6.61 Å². The Kier molecular flexibility index (Phi) is 8.56. The number of hydrogen-bond acceptors (Lipinski definition) is 3. The average Bonchev–Trinajstić information content (AvgIpc) is 2.65. The normalized spacial score (nSPS) is 10.6. The molecule has 1 amide bonds. The Morgan fingerprint density at radius 3 is 2.54 bits per heavy atom. The van der Waals surface area contributed by atoms with E-state index in [-0.39, 0.29) is 5.91 Å². The average molecular weight is 372 g/mol. The molecule has 26 heavy (non-hydrogen) atoms. The first-order valence-corrected chi connectivity index (χ1v) is 10.4. The highest BCUT2D eigenvalue weighted by molar-refractivity contribution is 7.98. The predicted octanol–water partition coefficient (Wildman–Crippen LogP) is 5.61. The molecule has 2 aromatic carbocycles. The van der Waals surface area contributed by atoms with E-state index < -0.39 is 0 Å². The van der Waals surface area contributed by atoms with E-state index in [0.29, 0.717) is 12.2 Å². The fourth-order valence-corrected chi connectivity index (χ4v) is 3.48. The van der Waals surface area contributed by atoms with Gasteiger partial charge in [-0.25, -0.2) is 0 Å². The number of ether oxygens (including phenoxy) is 1. The van der Waals surface area contributed by atoms with Crippen molar-refractivity contribution in [1.82, 2.24) is 5.32 Å². The van der Waals surface area contributed by atoms with Gasteiger partial charge in [0, 0.05) is 28.3 Å². The highest BCUT2D eigenvalue weighted by atomic mass is 32.2. The van der Waals surface area contributed by atoms with E-state index in [1.807, 2.05) is 25.1 Å². The van der Waals surface area contributed by atoms with Crippen LogP contribution in [0.2, 0.25) is 0 Å². The molecule has 0 saturated carbocycles. The van der Waals surface area contributed by atoms with Crippen LogP contribution in [0.25, 0.3) is 0 Å². The van der Waals surface area contributed by atoms with Gasteiger partial charge in [-0.15, -0.1) is 11.8 Å². The minimum Gasteiger partial charge on any atom is -0.494 e. The molecular formula is C22H29NO2S. The third-order valence-corrected chi connectivity index (χ3v) is 5.16. The lowest BCUT2D eigenvalue weighted by atomic mass is 10.1. The predicted molar refractivity (Wildman–Crippen MR) is 110 cm³/mol. The van der Waals surface area contributed by atoms with E-state index in [1.165, 1.54) is 10.5 Å². The second-order valence-electron chi connectivity index (χ2n) is 6.32. The van der Waals surface area contributed by atoms with Crippen LogP contribution < -0.4 is 10.1 Å². The van der Waals surface area contributed by atoms with Crippen molar-refractivity contribution in [2.75, 3.05) is 13.2 Å². The molecule has 2 aromatic rings. The van der Waals surface area contributed by atoms with Gasteiger partial charge in [-0.3, -0.25) is 4.79 Å². The second-order valence-corrected chi connectivity index (χ2v) is 7.37. The fourth-order valence-electron chi connectivity index (χ4n) is 2.60. The molecule has 0 bridgehead atoms. The van der Waals surface area contributed by atoms with Crippen molar-refractivity contribution in [3.63, 3.8) is 0 Å². The minimum atomic E-state index is -0.00858. The van der Waals surface area contributed by atoms with Crippen LogP contribution >= 0.6 is 11.8 Å². The first-order valence-electron chi connectivity index (χ1n) is 9.37. The smallest absolute Gasteiger partial charge is 0.251 e.